The van der Waals surface area contributed by atoms with Crippen molar-refractivity contribution in [1.82, 2.24) is 5.32 Å². The molecule has 3 aliphatic rings. The number of carbonyl (C=O) groups excluding carboxylic acids is 1. The number of nitrogens with two attached hydrogens (primary N) is 1. The third-order valence-electron chi connectivity index (χ3n) is 8.26. The Balaban J connectivity index is 1.40. The average molecular weight is 419 g/mol. The highest BCUT2D eigenvalue weighted by Gasteiger charge is 2.57. The summed E-state index contributed by atoms with van der Waals surface area (Å²) in [6.07, 6.45) is 7.66. The van der Waals surface area contributed by atoms with E-state index >= 15 is 0 Å². The third kappa shape index (κ3) is 3.81. The number of fused-ring (bicyclic) bond motifs is 1. The van der Waals surface area contributed by atoms with E-state index in [4.69, 9.17) is 5.73 Å². The Bertz CT molecular complexity index is 899. The summed E-state index contributed by atoms with van der Waals surface area (Å²) in [6.45, 7) is 0. The van der Waals surface area contributed by atoms with Crippen LogP contribution in [0, 0.1) is 23.2 Å². The fourth-order valence-electron chi connectivity index (χ4n) is 6.44. The standard InChI is InChI=1S/C27H34N2O2/c28-24(26(17-20-15-21(20)18-26)16-19-9-3-1-4-10-19)29-25(30)27(31,23-13-7-8-14-23)22-11-5-2-6-12-22/h1-6,9-12,20-21,23-24,31H,7-8,13-18,28H2,(H,29,30). The van der Waals surface area contributed by atoms with Gasteiger partial charge >= 0.3 is 0 Å². The van der Waals surface area contributed by atoms with Gasteiger partial charge in [-0.25, -0.2) is 0 Å². The van der Waals surface area contributed by atoms with Crippen LogP contribution in [0.2, 0.25) is 0 Å². The van der Waals surface area contributed by atoms with E-state index in [0.717, 1.165) is 56.8 Å². The van der Waals surface area contributed by atoms with E-state index in [-0.39, 0.29) is 17.2 Å². The quantitative estimate of drug-likeness (QED) is 0.592. The highest BCUT2D eigenvalue weighted by Crippen LogP contribution is 2.61. The molecule has 164 valence electrons. The molecule has 31 heavy (non-hydrogen) atoms. The maximum atomic E-state index is 13.7. The SMILES string of the molecule is NC(NC(=O)C(O)(c1ccccc1)C1CCCC1)C1(Cc2ccccc2)CC2CC2C1. The van der Waals surface area contributed by atoms with Crippen LogP contribution in [0.3, 0.4) is 0 Å². The number of amides is 1. The molecule has 3 fully saturated rings. The Morgan fingerprint density at radius 2 is 1.61 bits per heavy atom. The number of hydrogen-bond donors (Lipinski definition) is 3. The molecule has 0 aromatic heterocycles. The minimum absolute atomic E-state index is 0.0656. The molecule has 0 saturated heterocycles. The normalized spacial score (nSPS) is 30.4. The van der Waals surface area contributed by atoms with Gasteiger partial charge in [-0.15, -0.1) is 0 Å². The number of benzene rings is 2. The first kappa shape index (κ1) is 20.7. The van der Waals surface area contributed by atoms with Crippen molar-refractivity contribution in [2.75, 3.05) is 0 Å². The highest BCUT2D eigenvalue weighted by atomic mass is 16.3. The summed E-state index contributed by atoms with van der Waals surface area (Å²) in [7, 11) is 0. The molecule has 3 saturated carbocycles. The van der Waals surface area contributed by atoms with Gasteiger partial charge in [0.15, 0.2) is 5.60 Å². The molecular formula is C27H34N2O2. The molecule has 0 aliphatic heterocycles. The minimum atomic E-state index is -1.52. The molecule has 0 heterocycles. The van der Waals surface area contributed by atoms with Gasteiger partial charge in [0.05, 0.1) is 6.17 Å². The first-order chi connectivity index (χ1) is 15.0. The molecular weight excluding hydrogens is 384 g/mol. The van der Waals surface area contributed by atoms with Crippen molar-refractivity contribution in [2.45, 2.75) is 63.1 Å². The van der Waals surface area contributed by atoms with E-state index in [1.54, 1.807) is 0 Å². The maximum absolute atomic E-state index is 13.7. The Hall–Kier alpha value is -2.17. The Morgan fingerprint density at radius 3 is 2.23 bits per heavy atom. The zero-order chi connectivity index (χ0) is 21.5. The second-order valence-electron chi connectivity index (χ2n) is 10.3. The Labute approximate surface area is 185 Å². The van der Waals surface area contributed by atoms with Crippen LogP contribution in [0.25, 0.3) is 0 Å². The van der Waals surface area contributed by atoms with E-state index < -0.39 is 11.8 Å². The van der Waals surface area contributed by atoms with Gasteiger partial charge in [-0.05, 0) is 61.5 Å². The molecule has 4 heteroatoms. The van der Waals surface area contributed by atoms with E-state index in [1.165, 1.54) is 12.0 Å². The minimum Gasteiger partial charge on any atom is -0.375 e. The van der Waals surface area contributed by atoms with Crippen molar-refractivity contribution in [3.05, 3.63) is 71.8 Å². The molecule has 4 nitrogen and oxygen atoms in total. The van der Waals surface area contributed by atoms with Gasteiger partial charge in [-0.1, -0.05) is 73.5 Å². The van der Waals surface area contributed by atoms with E-state index in [9.17, 15) is 9.90 Å². The van der Waals surface area contributed by atoms with Crippen LogP contribution in [0.1, 0.15) is 56.1 Å². The fourth-order valence-corrected chi connectivity index (χ4v) is 6.44. The number of nitrogens with one attached hydrogen (secondary N) is 1. The lowest BCUT2D eigenvalue weighted by Crippen LogP contribution is -2.59. The van der Waals surface area contributed by atoms with Crippen LogP contribution >= 0.6 is 0 Å². The summed E-state index contributed by atoms with van der Waals surface area (Å²) < 4.78 is 0. The monoisotopic (exact) mass is 418 g/mol. The molecule has 5 rings (SSSR count). The average Bonchev–Trinajstić information content (AvgIpc) is 3.18. The largest absolute Gasteiger partial charge is 0.375 e. The first-order valence-electron chi connectivity index (χ1n) is 11.9. The molecule has 4 unspecified atom stereocenters. The van der Waals surface area contributed by atoms with Crippen molar-refractivity contribution < 1.29 is 9.90 Å². The molecule has 3 aliphatic carbocycles. The van der Waals surface area contributed by atoms with Crippen LogP contribution in [-0.2, 0) is 16.8 Å². The van der Waals surface area contributed by atoms with Gasteiger partial charge in [0.1, 0.15) is 0 Å². The Kier molecular flexibility index (Phi) is 5.39. The summed E-state index contributed by atoms with van der Waals surface area (Å²) >= 11 is 0. The second-order valence-corrected chi connectivity index (χ2v) is 10.3. The highest BCUT2D eigenvalue weighted by molar-refractivity contribution is 5.87. The van der Waals surface area contributed by atoms with Crippen LogP contribution < -0.4 is 11.1 Å². The summed E-state index contributed by atoms with van der Waals surface area (Å²) in [4.78, 5) is 13.7. The Morgan fingerprint density at radius 1 is 1.03 bits per heavy atom. The molecule has 1 amide bonds. The zero-order valence-electron chi connectivity index (χ0n) is 18.2. The lowest BCUT2D eigenvalue weighted by molar-refractivity contribution is -0.149. The third-order valence-corrected chi connectivity index (χ3v) is 8.26. The van der Waals surface area contributed by atoms with Crippen molar-refractivity contribution >= 4 is 5.91 Å². The van der Waals surface area contributed by atoms with Crippen LogP contribution in [0.4, 0.5) is 0 Å². The van der Waals surface area contributed by atoms with E-state index in [2.05, 4.69) is 29.6 Å². The lowest BCUT2D eigenvalue weighted by Gasteiger charge is -2.40. The molecule has 4 atom stereocenters. The van der Waals surface area contributed by atoms with Gasteiger partial charge in [0.2, 0.25) is 0 Å². The second kappa shape index (κ2) is 8.07. The summed E-state index contributed by atoms with van der Waals surface area (Å²) in [5.41, 5.74) is 7.06. The first-order valence-corrected chi connectivity index (χ1v) is 11.9. The van der Waals surface area contributed by atoms with E-state index in [1.807, 2.05) is 36.4 Å². The predicted octanol–water partition coefficient (Wildman–Crippen LogP) is 4.12. The molecule has 0 spiro atoms. The smallest absolute Gasteiger partial charge is 0.258 e. The van der Waals surface area contributed by atoms with E-state index in [0.29, 0.717) is 5.56 Å². The van der Waals surface area contributed by atoms with Crippen molar-refractivity contribution in [3.8, 4) is 0 Å². The van der Waals surface area contributed by atoms with Gasteiger partial charge in [-0.2, -0.15) is 0 Å². The molecule has 4 N–H and O–H groups in total. The molecule has 2 aromatic rings. The van der Waals surface area contributed by atoms with Crippen LogP contribution in [0.15, 0.2) is 60.7 Å². The number of carbonyl (C=O) groups is 1. The van der Waals surface area contributed by atoms with Gasteiger partial charge in [0.25, 0.3) is 5.91 Å². The van der Waals surface area contributed by atoms with Gasteiger partial charge in [-0.3, -0.25) is 4.79 Å². The summed E-state index contributed by atoms with van der Waals surface area (Å²) in [5, 5.41) is 14.9. The molecule has 2 aromatic carbocycles. The van der Waals surface area contributed by atoms with Crippen LogP contribution in [0.5, 0.6) is 0 Å². The maximum Gasteiger partial charge on any atom is 0.258 e. The molecule has 0 radical (unpaired) electrons. The number of rotatable bonds is 7. The summed E-state index contributed by atoms with van der Waals surface area (Å²) in [5.74, 6) is 1.10. The number of hydrogen-bond acceptors (Lipinski definition) is 3. The van der Waals surface area contributed by atoms with Crippen molar-refractivity contribution in [2.24, 2.45) is 28.9 Å². The number of aliphatic hydroxyl groups is 1. The van der Waals surface area contributed by atoms with Crippen LogP contribution in [-0.4, -0.2) is 17.2 Å². The molecule has 0 bridgehead atoms. The lowest BCUT2D eigenvalue weighted by atomic mass is 9.74. The summed E-state index contributed by atoms with van der Waals surface area (Å²) in [6, 6.07) is 19.9. The predicted molar refractivity (Wildman–Crippen MR) is 122 cm³/mol. The van der Waals surface area contributed by atoms with Crippen molar-refractivity contribution in [1.29, 1.82) is 0 Å². The van der Waals surface area contributed by atoms with Gasteiger partial charge < -0.3 is 16.2 Å². The zero-order valence-corrected chi connectivity index (χ0v) is 18.2. The van der Waals surface area contributed by atoms with Gasteiger partial charge in [0, 0.05) is 11.3 Å². The topological polar surface area (TPSA) is 75.3 Å². The van der Waals surface area contributed by atoms with Crippen molar-refractivity contribution in [3.63, 3.8) is 0 Å². The fraction of sp³-hybridized carbons (Fsp3) is 0.519.